The standard InChI is InChI=1S/C14H21NO3/c1-14(2,12-6-4-3-5-7-12)13(18)15(8-10-16)9-11-17/h3-7,16-17H,8-11H2,1-2H3. The van der Waals surface area contributed by atoms with Gasteiger partial charge in [0.1, 0.15) is 0 Å². The molecule has 0 atom stereocenters. The van der Waals surface area contributed by atoms with E-state index in [4.69, 9.17) is 10.2 Å². The molecule has 0 saturated carbocycles. The fourth-order valence-electron chi connectivity index (χ4n) is 1.93. The lowest BCUT2D eigenvalue weighted by Crippen LogP contribution is -2.45. The Balaban J connectivity index is 2.92. The molecule has 1 aromatic rings. The highest BCUT2D eigenvalue weighted by Gasteiger charge is 2.33. The van der Waals surface area contributed by atoms with E-state index in [0.29, 0.717) is 0 Å². The van der Waals surface area contributed by atoms with Crippen LogP contribution in [0.4, 0.5) is 0 Å². The summed E-state index contributed by atoms with van der Waals surface area (Å²) < 4.78 is 0. The summed E-state index contributed by atoms with van der Waals surface area (Å²) in [5.41, 5.74) is 0.266. The van der Waals surface area contributed by atoms with Gasteiger partial charge in [-0.05, 0) is 19.4 Å². The maximum atomic E-state index is 12.4. The van der Waals surface area contributed by atoms with E-state index >= 15 is 0 Å². The lowest BCUT2D eigenvalue weighted by molar-refractivity contribution is -0.137. The molecule has 0 bridgehead atoms. The van der Waals surface area contributed by atoms with Crippen molar-refractivity contribution in [3.05, 3.63) is 35.9 Å². The Morgan fingerprint density at radius 1 is 1.11 bits per heavy atom. The summed E-state index contributed by atoms with van der Waals surface area (Å²) in [4.78, 5) is 13.9. The Morgan fingerprint density at radius 2 is 1.61 bits per heavy atom. The Morgan fingerprint density at radius 3 is 2.06 bits per heavy atom. The highest BCUT2D eigenvalue weighted by atomic mass is 16.3. The highest BCUT2D eigenvalue weighted by Crippen LogP contribution is 2.25. The molecule has 0 radical (unpaired) electrons. The SMILES string of the molecule is CC(C)(C(=O)N(CCO)CCO)c1ccccc1. The van der Waals surface area contributed by atoms with Crippen molar-refractivity contribution in [2.24, 2.45) is 0 Å². The molecule has 0 unspecified atom stereocenters. The molecule has 0 spiro atoms. The number of hydrogen-bond acceptors (Lipinski definition) is 3. The van der Waals surface area contributed by atoms with Gasteiger partial charge in [0.05, 0.1) is 18.6 Å². The van der Waals surface area contributed by atoms with Gasteiger partial charge in [0, 0.05) is 13.1 Å². The monoisotopic (exact) mass is 251 g/mol. The van der Waals surface area contributed by atoms with Crippen molar-refractivity contribution in [3.63, 3.8) is 0 Å². The quantitative estimate of drug-likeness (QED) is 0.785. The van der Waals surface area contributed by atoms with Crippen molar-refractivity contribution in [2.45, 2.75) is 19.3 Å². The molecule has 100 valence electrons. The van der Waals surface area contributed by atoms with Crippen LogP contribution in [-0.2, 0) is 10.2 Å². The molecule has 1 aromatic carbocycles. The van der Waals surface area contributed by atoms with Gasteiger partial charge in [-0.2, -0.15) is 0 Å². The average Bonchev–Trinajstić information content (AvgIpc) is 2.38. The summed E-state index contributed by atoms with van der Waals surface area (Å²) in [6.07, 6.45) is 0. The fraction of sp³-hybridized carbons (Fsp3) is 0.500. The summed E-state index contributed by atoms with van der Waals surface area (Å²) in [5, 5.41) is 17.9. The molecule has 0 heterocycles. The summed E-state index contributed by atoms with van der Waals surface area (Å²) in [7, 11) is 0. The first-order valence-corrected chi connectivity index (χ1v) is 6.10. The van der Waals surface area contributed by atoms with Crippen molar-refractivity contribution < 1.29 is 15.0 Å². The van der Waals surface area contributed by atoms with Crippen LogP contribution in [0.3, 0.4) is 0 Å². The third-order valence-electron chi connectivity index (χ3n) is 3.06. The van der Waals surface area contributed by atoms with Gasteiger partial charge < -0.3 is 15.1 Å². The molecule has 4 nitrogen and oxygen atoms in total. The Kier molecular flexibility index (Phi) is 5.31. The second-order valence-electron chi connectivity index (χ2n) is 4.73. The first-order chi connectivity index (χ1) is 8.54. The van der Waals surface area contributed by atoms with Gasteiger partial charge in [-0.15, -0.1) is 0 Å². The summed E-state index contributed by atoms with van der Waals surface area (Å²) in [6.45, 7) is 4.00. The van der Waals surface area contributed by atoms with Crippen LogP contribution in [0.1, 0.15) is 19.4 Å². The van der Waals surface area contributed by atoms with Crippen molar-refractivity contribution in [2.75, 3.05) is 26.3 Å². The summed E-state index contributed by atoms with van der Waals surface area (Å²) in [6, 6.07) is 9.52. The maximum Gasteiger partial charge on any atom is 0.232 e. The molecule has 0 fully saturated rings. The topological polar surface area (TPSA) is 60.8 Å². The van der Waals surface area contributed by atoms with E-state index in [0.717, 1.165) is 5.56 Å². The molecule has 1 rings (SSSR count). The largest absolute Gasteiger partial charge is 0.395 e. The van der Waals surface area contributed by atoms with E-state index in [9.17, 15) is 4.79 Å². The normalized spacial score (nSPS) is 11.3. The Hall–Kier alpha value is -1.39. The van der Waals surface area contributed by atoms with Crippen molar-refractivity contribution in [1.82, 2.24) is 4.90 Å². The molecular weight excluding hydrogens is 230 g/mol. The molecule has 0 aliphatic rings. The van der Waals surface area contributed by atoms with Crippen molar-refractivity contribution in [3.8, 4) is 0 Å². The molecular formula is C14H21NO3. The van der Waals surface area contributed by atoms with Crippen molar-refractivity contribution in [1.29, 1.82) is 0 Å². The second kappa shape index (κ2) is 6.52. The molecule has 0 aromatic heterocycles. The Labute approximate surface area is 108 Å². The van der Waals surface area contributed by atoms with E-state index in [2.05, 4.69) is 0 Å². The molecule has 0 aliphatic carbocycles. The zero-order valence-corrected chi connectivity index (χ0v) is 11.0. The predicted octanol–water partition coefficient (Wildman–Crippen LogP) is 0.777. The number of nitrogens with zero attached hydrogens (tertiary/aromatic N) is 1. The average molecular weight is 251 g/mol. The molecule has 18 heavy (non-hydrogen) atoms. The summed E-state index contributed by atoms with van der Waals surface area (Å²) in [5.74, 6) is -0.0863. The van der Waals surface area contributed by atoms with Crippen LogP contribution in [0.25, 0.3) is 0 Å². The van der Waals surface area contributed by atoms with E-state index in [1.807, 2.05) is 44.2 Å². The first kappa shape index (κ1) is 14.7. The van der Waals surface area contributed by atoms with Crippen LogP contribution in [0.15, 0.2) is 30.3 Å². The number of hydrogen-bond donors (Lipinski definition) is 2. The van der Waals surface area contributed by atoms with Crippen LogP contribution in [0.2, 0.25) is 0 Å². The smallest absolute Gasteiger partial charge is 0.232 e. The van der Waals surface area contributed by atoms with Crippen molar-refractivity contribution >= 4 is 5.91 Å². The van der Waals surface area contributed by atoms with Gasteiger partial charge in [0.25, 0.3) is 0 Å². The lowest BCUT2D eigenvalue weighted by atomic mass is 9.83. The van der Waals surface area contributed by atoms with Gasteiger partial charge in [-0.1, -0.05) is 30.3 Å². The minimum atomic E-state index is -0.661. The molecule has 4 heteroatoms. The van der Waals surface area contributed by atoms with E-state index in [1.54, 1.807) is 0 Å². The minimum absolute atomic E-state index is 0.0863. The molecule has 0 saturated heterocycles. The second-order valence-corrected chi connectivity index (χ2v) is 4.73. The third kappa shape index (κ3) is 3.31. The van der Waals surface area contributed by atoms with E-state index < -0.39 is 5.41 Å². The fourth-order valence-corrected chi connectivity index (χ4v) is 1.93. The van der Waals surface area contributed by atoms with E-state index in [-0.39, 0.29) is 32.2 Å². The number of carbonyl (C=O) groups is 1. The van der Waals surface area contributed by atoms with Gasteiger partial charge >= 0.3 is 0 Å². The number of benzene rings is 1. The molecule has 0 aliphatic heterocycles. The van der Waals surface area contributed by atoms with E-state index in [1.165, 1.54) is 4.90 Å². The van der Waals surface area contributed by atoms with Crippen LogP contribution >= 0.6 is 0 Å². The van der Waals surface area contributed by atoms with Gasteiger partial charge in [0.15, 0.2) is 0 Å². The first-order valence-electron chi connectivity index (χ1n) is 6.10. The zero-order valence-electron chi connectivity index (χ0n) is 11.0. The van der Waals surface area contributed by atoms with Gasteiger partial charge in [-0.25, -0.2) is 0 Å². The number of aliphatic hydroxyl groups excluding tert-OH is 2. The highest BCUT2D eigenvalue weighted by molar-refractivity contribution is 5.87. The van der Waals surface area contributed by atoms with Gasteiger partial charge in [-0.3, -0.25) is 4.79 Å². The number of carbonyl (C=O) groups excluding carboxylic acids is 1. The number of rotatable bonds is 6. The lowest BCUT2D eigenvalue weighted by Gasteiger charge is -2.31. The van der Waals surface area contributed by atoms with Crippen LogP contribution in [-0.4, -0.2) is 47.3 Å². The minimum Gasteiger partial charge on any atom is -0.395 e. The third-order valence-corrected chi connectivity index (χ3v) is 3.06. The maximum absolute atomic E-state index is 12.4. The zero-order chi connectivity index (χ0) is 13.6. The van der Waals surface area contributed by atoms with Crippen LogP contribution in [0, 0.1) is 0 Å². The summed E-state index contributed by atoms with van der Waals surface area (Å²) >= 11 is 0. The van der Waals surface area contributed by atoms with Crippen LogP contribution < -0.4 is 0 Å². The van der Waals surface area contributed by atoms with Crippen LogP contribution in [0.5, 0.6) is 0 Å². The Bertz CT molecular complexity index is 370. The molecule has 2 N–H and O–H groups in total. The number of amides is 1. The number of aliphatic hydroxyl groups is 2. The predicted molar refractivity (Wildman–Crippen MR) is 70.2 cm³/mol. The molecule has 1 amide bonds. The van der Waals surface area contributed by atoms with Gasteiger partial charge in [0.2, 0.25) is 5.91 Å².